The molecule has 0 unspecified atom stereocenters. The molecule has 9 heteroatoms. The molecular weight excluding hydrogens is 462 g/mol. The van der Waals surface area contributed by atoms with Gasteiger partial charge in [-0.15, -0.1) is 0 Å². The molecule has 0 saturated heterocycles. The Morgan fingerprint density at radius 3 is 2.60 bits per heavy atom. The van der Waals surface area contributed by atoms with Crippen LogP contribution >= 0.6 is 11.6 Å². The van der Waals surface area contributed by atoms with E-state index >= 15 is 0 Å². The summed E-state index contributed by atoms with van der Waals surface area (Å²) in [5, 5.41) is 4.67. The minimum atomic E-state index is -0.140. The van der Waals surface area contributed by atoms with E-state index in [-0.39, 0.29) is 11.6 Å². The molecule has 3 N–H and O–H groups in total. The summed E-state index contributed by atoms with van der Waals surface area (Å²) in [6.45, 7) is 4.30. The van der Waals surface area contributed by atoms with Gasteiger partial charge in [-0.2, -0.15) is 4.98 Å². The van der Waals surface area contributed by atoms with Crippen LogP contribution in [0, 0.1) is 6.92 Å². The van der Waals surface area contributed by atoms with Crippen LogP contribution in [0.4, 0.5) is 5.95 Å². The Balaban J connectivity index is 1.51. The van der Waals surface area contributed by atoms with Crippen molar-refractivity contribution >= 4 is 28.6 Å². The van der Waals surface area contributed by atoms with Gasteiger partial charge in [-0.1, -0.05) is 23.7 Å². The smallest absolute Gasteiger partial charge is 0.260 e. The molecule has 5 rings (SSSR count). The molecule has 1 aliphatic carbocycles. The Morgan fingerprint density at radius 2 is 1.89 bits per heavy atom. The number of benzene rings is 1. The second-order valence-corrected chi connectivity index (χ2v) is 9.48. The summed E-state index contributed by atoms with van der Waals surface area (Å²) in [7, 11) is 0. The number of nitrogens with one attached hydrogen (secondary N) is 1. The Morgan fingerprint density at radius 1 is 1.09 bits per heavy atom. The van der Waals surface area contributed by atoms with Crippen LogP contribution in [0.1, 0.15) is 38.3 Å². The molecule has 180 valence electrons. The normalized spacial score (nSPS) is 18.1. The number of hydrogen-bond donors (Lipinski definition) is 2. The summed E-state index contributed by atoms with van der Waals surface area (Å²) in [6, 6.07) is 7.98. The van der Waals surface area contributed by atoms with Crippen molar-refractivity contribution < 1.29 is 0 Å². The van der Waals surface area contributed by atoms with Crippen molar-refractivity contribution in [1.29, 1.82) is 0 Å². The predicted molar refractivity (Wildman–Crippen MR) is 140 cm³/mol. The summed E-state index contributed by atoms with van der Waals surface area (Å²) < 4.78 is 1.67. The molecule has 0 radical (unpaired) electrons. The molecule has 35 heavy (non-hydrogen) atoms. The van der Waals surface area contributed by atoms with Gasteiger partial charge in [0.1, 0.15) is 5.65 Å². The quantitative estimate of drug-likeness (QED) is 0.422. The van der Waals surface area contributed by atoms with Gasteiger partial charge in [0, 0.05) is 58.1 Å². The van der Waals surface area contributed by atoms with Crippen LogP contribution < -0.4 is 16.6 Å². The third-order valence-corrected chi connectivity index (χ3v) is 6.87. The fraction of sp³-hybridized carbons (Fsp3) is 0.346. The van der Waals surface area contributed by atoms with Crippen molar-refractivity contribution in [2.75, 3.05) is 5.32 Å². The van der Waals surface area contributed by atoms with Crippen molar-refractivity contribution in [3.8, 4) is 22.4 Å². The van der Waals surface area contributed by atoms with Crippen molar-refractivity contribution in [1.82, 2.24) is 24.5 Å². The van der Waals surface area contributed by atoms with Gasteiger partial charge in [0.25, 0.3) is 5.56 Å². The average molecular weight is 490 g/mol. The van der Waals surface area contributed by atoms with Crippen LogP contribution in [0.5, 0.6) is 0 Å². The molecule has 8 nitrogen and oxygen atoms in total. The first kappa shape index (κ1) is 23.4. The minimum Gasteiger partial charge on any atom is -0.351 e. The zero-order valence-electron chi connectivity index (χ0n) is 19.8. The van der Waals surface area contributed by atoms with Crippen LogP contribution in [-0.2, 0) is 6.54 Å². The predicted octanol–water partition coefficient (Wildman–Crippen LogP) is 4.58. The van der Waals surface area contributed by atoms with Gasteiger partial charge in [-0.05, 0) is 51.7 Å². The number of fused-ring (bicyclic) bond motifs is 1. The fourth-order valence-electron chi connectivity index (χ4n) is 4.66. The summed E-state index contributed by atoms with van der Waals surface area (Å²) in [5.74, 6) is 0.536. The second kappa shape index (κ2) is 9.71. The van der Waals surface area contributed by atoms with E-state index < -0.39 is 0 Å². The molecule has 1 aliphatic rings. The van der Waals surface area contributed by atoms with Crippen molar-refractivity contribution in [2.45, 2.75) is 58.2 Å². The summed E-state index contributed by atoms with van der Waals surface area (Å²) in [5.41, 5.74) is 10.1. The van der Waals surface area contributed by atoms with E-state index in [4.69, 9.17) is 22.3 Å². The lowest BCUT2D eigenvalue weighted by molar-refractivity contribution is 0.410. The first-order valence-corrected chi connectivity index (χ1v) is 12.3. The molecule has 4 aromatic rings. The van der Waals surface area contributed by atoms with Crippen LogP contribution in [0.3, 0.4) is 0 Å². The average Bonchev–Trinajstić information content (AvgIpc) is 2.85. The third kappa shape index (κ3) is 4.76. The first-order chi connectivity index (χ1) is 16.9. The Bertz CT molecular complexity index is 1440. The van der Waals surface area contributed by atoms with Crippen LogP contribution in [0.2, 0.25) is 5.02 Å². The highest BCUT2D eigenvalue weighted by molar-refractivity contribution is 6.33. The summed E-state index contributed by atoms with van der Waals surface area (Å²) >= 11 is 6.67. The monoisotopic (exact) mass is 489 g/mol. The number of aromatic nitrogens is 5. The van der Waals surface area contributed by atoms with Gasteiger partial charge < -0.3 is 11.1 Å². The van der Waals surface area contributed by atoms with E-state index in [2.05, 4.69) is 20.3 Å². The topological polar surface area (TPSA) is 112 Å². The van der Waals surface area contributed by atoms with Crippen molar-refractivity contribution in [3.63, 3.8) is 0 Å². The lowest BCUT2D eigenvalue weighted by Crippen LogP contribution is -2.33. The number of hydrogen-bond acceptors (Lipinski definition) is 7. The second-order valence-electron chi connectivity index (χ2n) is 9.08. The maximum atomic E-state index is 13.5. The van der Waals surface area contributed by atoms with E-state index in [0.717, 1.165) is 48.0 Å². The molecule has 0 amide bonds. The fourth-order valence-corrected chi connectivity index (χ4v) is 4.94. The highest BCUT2D eigenvalue weighted by atomic mass is 35.5. The number of rotatable bonds is 5. The standard InChI is InChI=1S/C26H28ClN7O/c1-3-34-24-17(13-30-26(33-24)32-19-7-5-18(28)6-8-19)10-21(25(34)35)20-9-4-16(11-22(20)27)23-14-29-12-15(2)31-23/h4,9-14,18-19H,3,5-8,28H2,1-2H3,(H,30,32,33). The zero-order chi connectivity index (χ0) is 24.5. The molecule has 0 aliphatic heterocycles. The summed E-state index contributed by atoms with van der Waals surface area (Å²) in [6.07, 6.45) is 9.13. The van der Waals surface area contributed by atoms with E-state index in [9.17, 15) is 4.79 Å². The zero-order valence-corrected chi connectivity index (χ0v) is 20.6. The minimum absolute atomic E-state index is 0.140. The van der Waals surface area contributed by atoms with Crippen LogP contribution in [0.25, 0.3) is 33.4 Å². The Hall–Kier alpha value is -3.36. The van der Waals surface area contributed by atoms with E-state index in [1.54, 1.807) is 23.2 Å². The number of nitrogens with two attached hydrogens (primary N) is 1. The lowest BCUT2D eigenvalue weighted by atomic mass is 9.92. The molecule has 3 aromatic heterocycles. The lowest BCUT2D eigenvalue weighted by Gasteiger charge is -2.26. The summed E-state index contributed by atoms with van der Waals surface area (Å²) in [4.78, 5) is 31.4. The number of aryl methyl sites for hydroxylation is 2. The number of anilines is 1. The SMILES string of the molecule is CCn1c(=O)c(-c2ccc(-c3cncc(C)n3)cc2Cl)cc2cnc(NC3CCC(N)CC3)nc21. The van der Waals surface area contributed by atoms with Gasteiger partial charge >= 0.3 is 0 Å². The molecule has 1 fully saturated rings. The molecule has 3 heterocycles. The van der Waals surface area contributed by atoms with Crippen molar-refractivity contribution in [2.24, 2.45) is 5.73 Å². The van der Waals surface area contributed by atoms with Gasteiger partial charge in [-0.3, -0.25) is 14.3 Å². The van der Waals surface area contributed by atoms with E-state index in [1.807, 2.05) is 38.1 Å². The maximum Gasteiger partial charge on any atom is 0.260 e. The first-order valence-electron chi connectivity index (χ1n) is 11.9. The largest absolute Gasteiger partial charge is 0.351 e. The van der Waals surface area contributed by atoms with Gasteiger partial charge in [0.2, 0.25) is 5.95 Å². The van der Waals surface area contributed by atoms with E-state index in [1.165, 1.54) is 0 Å². The third-order valence-electron chi connectivity index (χ3n) is 6.56. The van der Waals surface area contributed by atoms with Gasteiger partial charge in [0.15, 0.2) is 0 Å². The van der Waals surface area contributed by atoms with Crippen LogP contribution in [-0.4, -0.2) is 36.6 Å². The maximum absolute atomic E-state index is 13.5. The highest BCUT2D eigenvalue weighted by Crippen LogP contribution is 2.31. The Labute approximate surface area is 208 Å². The Kier molecular flexibility index (Phi) is 6.49. The molecule has 0 atom stereocenters. The molecule has 1 saturated carbocycles. The van der Waals surface area contributed by atoms with Gasteiger partial charge in [-0.25, -0.2) is 9.97 Å². The van der Waals surface area contributed by atoms with Crippen LogP contribution in [0.15, 0.2) is 47.7 Å². The molecule has 0 bridgehead atoms. The number of halogens is 1. The molecular formula is C26H28ClN7O. The number of nitrogens with zero attached hydrogens (tertiary/aromatic N) is 5. The molecule has 0 spiro atoms. The van der Waals surface area contributed by atoms with Gasteiger partial charge in [0.05, 0.1) is 17.6 Å². The number of pyridine rings is 1. The molecule has 1 aromatic carbocycles. The van der Waals surface area contributed by atoms with E-state index in [0.29, 0.717) is 40.3 Å². The highest BCUT2D eigenvalue weighted by Gasteiger charge is 2.20. The van der Waals surface area contributed by atoms with Crippen molar-refractivity contribution in [3.05, 3.63) is 63.9 Å².